The van der Waals surface area contributed by atoms with E-state index in [0.717, 1.165) is 16.5 Å². The first-order valence-corrected chi connectivity index (χ1v) is 5.79. The number of fused-ring (bicyclic) bond motifs is 1. The van der Waals surface area contributed by atoms with Crippen LogP contribution >= 0.6 is 0 Å². The van der Waals surface area contributed by atoms with Crippen molar-refractivity contribution in [1.29, 1.82) is 0 Å². The summed E-state index contributed by atoms with van der Waals surface area (Å²) < 4.78 is 0. The molecule has 2 N–H and O–H groups in total. The molecule has 1 saturated carbocycles. The van der Waals surface area contributed by atoms with Crippen molar-refractivity contribution in [1.82, 2.24) is 4.98 Å². The summed E-state index contributed by atoms with van der Waals surface area (Å²) in [6.07, 6.45) is 2.57. The maximum absolute atomic E-state index is 11.7. The van der Waals surface area contributed by atoms with Crippen molar-refractivity contribution in [3.63, 3.8) is 0 Å². The van der Waals surface area contributed by atoms with E-state index in [4.69, 9.17) is 0 Å². The molecule has 0 spiro atoms. The second-order valence-electron chi connectivity index (χ2n) is 5.52. The van der Waals surface area contributed by atoms with Gasteiger partial charge in [0.15, 0.2) is 0 Å². The molecule has 88 valence electrons. The quantitative estimate of drug-likeness (QED) is 0.831. The van der Waals surface area contributed by atoms with E-state index in [2.05, 4.69) is 4.98 Å². The van der Waals surface area contributed by atoms with Crippen LogP contribution in [0.15, 0.2) is 30.5 Å². The zero-order valence-electron chi connectivity index (χ0n) is 9.95. The number of carboxylic acids is 1. The van der Waals surface area contributed by atoms with Crippen LogP contribution in [0.2, 0.25) is 0 Å². The number of hydrogen-bond acceptors (Lipinski definition) is 1. The highest BCUT2D eigenvalue weighted by Gasteiger charge is 2.68. The third kappa shape index (κ3) is 1.14. The van der Waals surface area contributed by atoms with Crippen LogP contribution in [0.3, 0.4) is 0 Å². The lowest BCUT2D eigenvalue weighted by Gasteiger charge is -2.17. The van der Waals surface area contributed by atoms with Gasteiger partial charge < -0.3 is 10.1 Å². The standard InChI is InChI=1S/C14H15NO2/c1-13(2)8-14(13,12(16)17)10-4-3-5-11-9(10)6-7-15-11/h3-7,15H,8H2,1-2H3,(H,16,17). The third-order valence-corrected chi connectivity index (χ3v) is 4.16. The number of carbonyl (C=O) groups is 1. The van der Waals surface area contributed by atoms with Crippen molar-refractivity contribution < 1.29 is 9.90 Å². The van der Waals surface area contributed by atoms with Gasteiger partial charge in [0.2, 0.25) is 0 Å². The van der Waals surface area contributed by atoms with Gasteiger partial charge in [-0.3, -0.25) is 4.79 Å². The van der Waals surface area contributed by atoms with Crippen molar-refractivity contribution in [2.24, 2.45) is 5.41 Å². The van der Waals surface area contributed by atoms with Gasteiger partial charge in [0.05, 0.1) is 5.41 Å². The number of hydrogen-bond donors (Lipinski definition) is 2. The normalized spacial score (nSPS) is 26.0. The molecule has 1 aliphatic rings. The molecule has 0 amide bonds. The van der Waals surface area contributed by atoms with Gasteiger partial charge in [-0.15, -0.1) is 0 Å². The fourth-order valence-corrected chi connectivity index (χ4v) is 3.02. The minimum atomic E-state index is -0.714. The van der Waals surface area contributed by atoms with Crippen LogP contribution in [0.1, 0.15) is 25.8 Å². The molecule has 3 rings (SSSR count). The van der Waals surface area contributed by atoms with Gasteiger partial charge in [-0.25, -0.2) is 0 Å². The largest absolute Gasteiger partial charge is 0.481 e. The lowest BCUT2D eigenvalue weighted by Crippen LogP contribution is -2.25. The Morgan fingerprint density at radius 2 is 2.06 bits per heavy atom. The van der Waals surface area contributed by atoms with Gasteiger partial charge in [-0.2, -0.15) is 0 Å². The number of aromatic amines is 1. The molecule has 17 heavy (non-hydrogen) atoms. The summed E-state index contributed by atoms with van der Waals surface area (Å²) >= 11 is 0. The van der Waals surface area contributed by atoms with E-state index >= 15 is 0 Å². The SMILES string of the molecule is CC1(C)CC1(C(=O)O)c1cccc2[nH]ccc12. The number of aromatic nitrogens is 1. The molecule has 1 aliphatic carbocycles. The van der Waals surface area contributed by atoms with Crippen LogP contribution in [-0.2, 0) is 10.2 Å². The lowest BCUT2D eigenvalue weighted by atomic mass is 9.86. The maximum Gasteiger partial charge on any atom is 0.314 e. The first-order valence-electron chi connectivity index (χ1n) is 5.79. The first-order chi connectivity index (χ1) is 7.99. The number of H-pyrrole nitrogens is 1. The van der Waals surface area contributed by atoms with Gasteiger partial charge in [0, 0.05) is 17.1 Å². The number of benzene rings is 1. The van der Waals surface area contributed by atoms with Crippen LogP contribution in [-0.4, -0.2) is 16.1 Å². The van der Waals surface area contributed by atoms with Gasteiger partial charge in [-0.05, 0) is 29.5 Å². The Morgan fingerprint density at radius 1 is 1.35 bits per heavy atom. The predicted octanol–water partition coefficient (Wildman–Crippen LogP) is 2.92. The molecule has 3 nitrogen and oxygen atoms in total. The molecule has 1 aromatic carbocycles. The van der Waals surface area contributed by atoms with Gasteiger partial charge in [0.1, 0.15) is 0 Å². The lowest BCUT2D eigenvalue weighted by molar-refractivity contribution is -0.141. The molecule has 2 aromatic rings. The highest BCUT2D eigenvalue weighted by Crippen LogP contribution is 2.65. The molecular weight excluding hydrogens is 214 g/mol. The van der Waals surface area contributed by atoms with E-state index in [9.17, 15) is 9.90 Å². The maximum atomic E-state index is 11.7. The summed E-state index contributed by atoms with van der Waals surface area (Å²) in [4.78, 5) is 14.8. The summed E-state index contributed by atoms with van der Waals surface area (Å²) in [6, 6.07) is 7.81. The Labute approximate surface area is 99.5 Å². The van der Waals surface area contributed by atoms with Crippen molar-refractivity contribution in [3.05, 3.63) is 36.0 Å². The number of carboxylic acid groups (broad SMARTS) is 1. The third-order valence-electron chi connectivity index (χ3n) is 4.16. The molecule has 0 radical (unpaired) electrons. The molecule has 0 aliphatic heterocycles. The highest BCUT2D eigenvalue weighted by molar-refractivity contribution is 5.95. The Kier molecular flexibility index (Phi) is 1.78. The van der Waals surface area contributed by atoms with Crippen molar-refractivity contribution in [3.8, 4) is 0 Å². The average molecular weight is 229 g/mol. The van der Waals surface area contributed by atoms with E-state index in [0.29, 0.717) is 6.42 Å². The number of nitrogens with one attached hydrogen (secondary N) is 1. The van der Waals surface area contributed by atoms with Crippen molar-refractivity contribution in [2.45, 2.75) is 25.7 Å². The second-order valence-corrected chi connectivity index (χ2v) is 5.52. The Balaban J connectivity index is 2.28. The molecular formula is C14H15NO2. The van der Waals surface area contributed by atoms with Crippen LogP contribution < -0.4 is 0 Å². The molecule has 1 aromatic heterocycles. The minimum Gasteiger partial charge on any atom is -0.481 e. The van der Waals surface area contributed by atoms with Gasteiger partial charge in [-0.1, -0.05) is 26.0 Å². The smallest absolute Gasteiger partial charge is 0.314 e. The summed E-state index contributed by atoms with van der Waals surface area (Å²) in [5.74, 6) is -0.712. The topological polar surface area (TPSA) is 53.1 Å². The summed E-state index contributed by atoms with van der Waals surface area (Å²) in [5, 5.41) is 10.6. The Morgan fingerprint density at radius 3 is 2.65 bits per heavy atom. The molecule has 0 saturated heterocycles. The fraction of sp³-hybridized carbons (Fsp3) is 0.357. The van der Waals surface area contributed by atoms with Crippen molar-refractivity contribution >= 4 is 16.9 Å². The highest BCUT2D eigenvalue weighted by atomic mass is 16.4. The second kappa shape index (κ2) is 2.92. The van der Waals surface area contributed by atoms with E-state index in [1.54, 1.807) is 0 Å². The average Bonchev–Trinajstić information content (AvgIpc) is 2.67. The van der Waals surface area contributed by atoms with E-state index < -0.39 is 11.4 Å². The Hall–Kier alpha value is -1.77. The van der Waals surface area contributed by atoms with Crippen LogP contribution in [0.4, 0.5) is 0 Å². The molecule has 1 heterocycles. The van der Waals surface area contributed by atoms with Crippen LogP contribution in [0.5, 0.6) is 0 Å². The van der Waals surface area contributed by atoms with E-state index in [1.165, 1.54) is 0 Å². The zero-order chi connectivity index (χ0) is 12.3. The molecule has 3 heteroatoms. The monoisotopic (exact) mass is 229 g/mol. The fourth-order valence-electron chi connectivity index (χ4n) is 3.02. The van der Waals surface area contributed by atoms with Gasteiger partial charge >= 0.3 is 5.97 Å². The summed E-state index contributed by atoms with van der Waals surface area (Å²) in [7, 11) is 0. The molecule has 1 unspecified atom stereocenters. The number of aliphatic carboxylic acids is 1. The molecule has 1 atom stereocenters. The van der Waals surface area contributed by atoms with E-state index in [1.807, 2.05) is 44.3 Å². The van der Waals surface area contributed by atoms with Crippen molar-refractivity contribution in [2.75, 3.05) is 0 Å². The zero-order valence-corrected chi connectivity index (χ0v) is 9.95. The summed E-state index contributed by atoms with van der Waals surface area (Å²) in [5.41, 5.74) is 1.07. The van der Waals surface area contributed by atoms with Crippen LogP contribution in [0, 0.1) is 5.41 Å². The first kappa shape index (κ1) is 10.4. The minimum absolute atomic E-state index is 0.162. The van der Waals surface area contributed by atoms with Gasteiger partial charge in [0.25, 0.3) is 0 Å². The summed E-state index contributed by atoms with van der Waals surface area (Å²) in [6.45, 7) is 4.04. The number of rotatable bonds is 2. The predicted molar refractivity (Wildman–Crippen MR) is 66.0 cm³/mol. The van der Waals surface area contributed by atoms with E-state index in [-0.39, 0.29) is 5.41 Å². The van der Waals surface area contributed by atoms with Crippen LogP contribution in [0.25, 0.3) is 10.9 Å². The Bertz CT molecular complexity index is 611. The molecule has 0 bridgehead atoms. The molecule has 1 fully saturated rings.